The lowest BCUT2D eigenvalue weighted by molar-refractivity contribution is -0.119. The highest BCUT2D eigenvalue weighted by Gasteiger charge is 2.08. The van der Waals surface area contributed by atoms with Gasteiger partial charge >= 0.3 is 0 Å². The van der Waals surface area contributed by atoms with Gasteiger partial charge in [-0.3, -0.25) is 9.79 Å². The third kappa shape index (κ3) is 3.01. The highest BCUT2D eigenvalue weighted by atomic mass is 16.1. The van der Waals surface area contributed by atoms with Crippen molar-refractivity contribution in [2.45, 2.75) is 19.4 Å². The van der Waals surface area contributed by atoms with E-state index in [4.69, 9.17) is 5.73 Å². The molecule has 3 heteroatoms. The van der Waals surface area contributed by atoms with Crippen LogP contribution in [0.3, 0.4) is 0 Å². The molecule has 0 bridgehead atoms. The average molecular weight is 190 g/mol. The number of carbonyl (C=O) groups is 1. The van der Waals surface area contributed by atoms with Gasteiger partial charge in [0.25, 0.3) is 0 Å². The van der Waals surface area contributed by atoms with Gasteiger partial charge < -0.3 is 5.73 Å². The lowest BCUT2D eigenvalue weighted by Crippen LogP contribution is -2.26. The molecule has 1 unspecified atom stereocenters. The van der Waals surface area contributed by atoms with Gasteiger partial charge in [0.05, 0.1) is 0 Å². The molecule has 0 heterocycles. The van der Waals surface area contributed by atoms with E-state index in [0.717, 1.165) is 5.56 Å². The van der Waals surface area contributed by atoms with Crippen molar-refractivity contribution >= 4 is 12.1 Å². The second-order valence-corrected chi connectivity index (χ2v) is 3.02. The maximum atomic E-state index is 10.9. The van der Waals surface area contributed by atoms with Crippen LogP contribution in [0.25, 0.3) is 0 Å². The van der Waals surface area contributed by atoms with E-state index in [1.165, 1.54) is 0 Å². The van der Waals surface area contributed by atoms with E-state index in [-0.39, 0.29) is 5.91 Å². The summed E-state index contributed by atoms with van der Waals surface area (Å²) in [5.74, 6) is -0.375. The molecule has 1 rings (SSSR count). The van der Waals surface area contributed by atoms with E-state index in [2.05, 4.69) is 4.99 Å². The summed E-state index contributed by atoms with van der Waals surface area (Å²) >= 11 is 0. The van der Waals surface area contributed by atoms with Crippen LogP contribution in [0, 0.1) is 0 Å². The smallest absolute Gasteiger partial charge is 0.242 e. The lowest BCUT2D eigenvalue weighted by Gasteiger charge is -2.03. The number of nitrogens with zero attached hydrogens (tertiary/aromatic N) is 1. The van der Waals surface area contributed by atoms with Gasteiger partial charge in [0.1, 0.15) is 6.04 Å². The number of rotatable bonds is 4. The molecule has 1 aromatic carbocycles. The van der Waals surface area contributed by atoms with Crippen LogP contribution in [-0.4, -0.2) is 18.2 Å². The summed E-state index contributed by atoms with van der Waals surface area (Å²) in [5.41, 5.74) is 6.14. The third-order valence-corrected chi connectivity index (χ3v) is 1.92. The quantitative estimate of drug-likeness (QED) is 0.716. The van der Waals surface area contributed by atoms with E-state index in [0.29, 0.717) is 6.42 Å². The van der Waals surface area contributed by atoms with Gasteiger partial charge in [-0.1, -0.05) is 37.3 Å². The molecule has 0 fully saturated rings. The Labute approximate surface area is 83.7 Å². The summed E-state index contributed by atoms with van der Waals surface area (Å²) in [5, 5.41) is 0. The Morgan fingerprint density at radius 2 is 2.14 bits per heavy atom. The highest BCUT2D eigenvalue weighted by molar-refractivity contribution is 5.85. The highest BCUT2D eigenvalue weighted by Crippen LogP contribution is 1.99. The first-order chi connectivity index (χ1) is 6.74. The maximum Gasteiger partial charge on any atom is 0.242 e. The van der Waals surface area contributed by atoms with E-state index in [1.54, 1.807) is 6.21 Å². The Balaban J connectivity index is 2.67. The third-order valence-electron chi connectivity index (χ3n) is 1.92. The summed E-state index contributed by atoms with van der Waals surface area (Å²) in [6.07, 6.45) is 2.32. The Morgan fingerprint density at radius 1 is 1.50 bits per heavy atom. The summed E-state index contributed by atoms with van der Waals surface area (Å²) in [6, 6.07) is 9.23. The minimum Gasteiger partial charge on any atom is -0.368 e. The Hall–Kier alpha value is -1.64. The van der Waals surface area contributed by atoms with E-state index in [1.807, 2.05) is 37.3 Å². The van der Waals surface area contributed by atoms with Crippen molar-refractivity contribution in [1.82, 2.24) is 0 Å². The normalized spacial score (nSPS) is 12.9. The summed E-state index contributed by atoms with van der Waals surface area (Å²) in [7, 11) is 0. The molecule has 1 aromatic rings. The Kier molecular flexibility index (Phi) is 3.85. The van der Waals surface area contributed by atoms with Gasteiger partial charge in [-0.05, 0) is 12.0 Å². The number of primary amides is 1. The number of benzene rings is 1. The van der Waals surface area contributed by atoms with Gasteiger partial charge in [0.15, 0.2) is 0 Å². The molecule has 3 nitrogen and oxygen atoms in total. The zero-order valence-corrected chi connectivity index (χ0v) is 8.18. The number of aliphatic imine (C=N–C) groups is 1. The predicted octanol–water partition coefficient (Wildman–Crippen LogP) is 1.37. The molecule has 0 aliphatic rings. The SMILES string of the molecule is CCC(N=Cc1ccccc1)C(N)=O. The zero-order valence-electron chi connectivity index (χ0n) is 8.18. The van der Waals surface area contributed by atoms with Crippen LogP contribution < -0.4 is 5.73 Å². The first-order valence-corrected chi connectivity index (χ1v) is 4.61. The van der Waals surface area contributed by atoms with Crippen LogP contribution >= 0.6 is 0 Å². The molecule has 0 aliphatic carbocycles. The Bertz CT molecular complexity index is 319. The monoisotopic (exact) mass is 190 g/mol. The average Bonchev–Trinajstić information content (AvgIpc) is 2.20. The first kappa shape index (κ1) is 10.4. The van der Waals surface area contributed by atoms with Gasteiger partial charge in [0, 0.05) is 6.21 Å². The summed E-state index contributed by atoms with van der Waals surface area (Å²) < 4.78 is 0. The van der Waals surface area contributed by atoms with Crippen molar-refractivity contribution in [3.05, 3.63) is 35.9 Å². The van der Waals surface area contributed by atoms with Crippen LogP contribution in [0.4, 0.5) is 0 Å². The van der Waals surface area contributed by atoms with Crippen molar-refractivity contribution in [3.8, 4) is 0 Å². The predicted molar refractivity (Wildman–Crippen MR) is 57.3 cm³/mol. The van der Waals surface area contributed by atoms with Crippen molar-refractivity contribution in [2.75, 3.05) is 0 Å². The van der Waals surface area contributed by atoms with Gasteiger partial charge in [-0.25, -0.2) is 0 Å². The fourth-order valence-corrected chi connectivity index (χ4v) is 1.10. The maximum absolute atomic E-state index is 10.9. The van der Waals surface area contributed by atoms with Crippen LogP contribution in [0.1, 0.15) is 18.9 Å². The van der Waals surface area contributed by atoms with E-state index >= 15 is 0 Å². The van der Waals surface area contributed by atoms with Gasteiger partial charge in [-0.15, -0.1) is 0 Å². The number of hydrogen-bond donors (Lipinski definition) is 1. The Morgan fingerprint density at radius 3 is 2.64 bits per heavy atom. The van der Waals surface area contributed by atoms with Gasteiger partial charge in [0.2, 0.25) is 5.91 Å². The molecule has 0 saturated carbocycles. The molecule has 74 valence electrons. The minimum absolute atomic E-state index is 0.375. The first-order valence-electron chi connectivity index (χ1n) is 4.61. The second-order valence-electron chi connectivity index (χ2n) is 3.02. The topological polar surface area (TPSA) is 55.4 Å². The van der Waals surface area contributed by atoms with Crippen LogP contribution in [0.5, 0.6) is 0 Å². The molecule has 0 aromatic heterocycles. The van der Waals surface area contributed by atoms with Crippen molar-refractivity contribution < 1.29 is 4.79 Å². The van der Waals surface area contributed by atoms with Crippen LogP contribution in [-0.2, 0) is 4.79 Å². The number of carbonyl (C=O) groups excluding carboxylic acids is 1. The molecule has 0 aliphatic heterocycles. The fourth-order valence-electron chi connectivity index (χ4n) is 1.10. The van der Waals surface area contributed by atoms with Crippen LogP contribution in [0.15, 0.2) is 35.3 Å². The molecule has 2 N–H and O–H groups in total. The number of hydrogen-bond acceptors (Lipinski definition) is 2. The van der Waals surface area contributed by atoms with Crippen molar-refractivity contribution in [3.63, 3.8) is 0 Å². The molecule has 0 saturated heterocycles. The summed E-state index contributed by atoms with van der Waals surface area (Å²) in [4.78, 5) is 15.0. The molecule has 1 atom stereocenters. The zero-order chi connectivity index (χ0) is 10.4. The minimum atomic E-state index is -0.407. The standard InChI is InChI=1S/C11H14N2O/c1-2-10(11(12)14)13-8-9-6-4-3-5-7-9/h3-8,10H,2H2,1H3,(H2,12,14). The molecule has 14 heavy (non-hydrogen) atoms. The lowest BCUT2D eigenvalue weighted by atomic mass is 10.2. The van der Waals surface area contributed by atoms with Crippen molar-refractivity contribution in [2.24, 2.45) is 10.7 Å². The molecular weight excluding hydrogens is 176 g/mol. The van der Waals surface area contributed by atoms with E-state index in [9.17, 15) is 4.79 Å². The van der Waals surface area contributed by atoms with Crippen molar-refractivity contribution in [1.29, 1.82) is 0 Å². The molecule has 1 amide bonds. The molecular formula is C11H14N2O. The van der Waals surface area contributed by atoms with Gasteiger partial charge in [-0.2, -0.15) is 0 Å². The summed E-state index contributed by atoms with van der Waals surface area (Å²) in [6.45, 7) is 1.89. The number of amides is 1. The van der Waals surface area contributed by atoms with Crippen LogP contribution in [0.2, 0.25) is 0 Å². The fraction of sp³-hybridized carbons (Fsp3) is 0.273. The second kappa shape index (κ2) is 5.17. The number of nitrogens with two attached hydrogens (primary N) is 1. The largest absolute Gasteiger partial charge is 0.368 e. The molecule has 0 spiro atoms. The molecule has 0 radical (unpaired) electrons. The van der Waals surface area contributed by atoms with E-state index < -0.39 is 6.04 Å².